The number of ether oxygens (including phenoxy) is 1. The number of ketones is 1. The topological polar surface area (TPSA) is 29.5 Å². The molecule has 1 saturated heterocycles. The summed E-state index contributed by atoms with van der Waals surface area (Å²) < 4.78 is 6.44. The second-order valence-corrected chi connectivity index (χ2v) is 5.38. The van der Waals surface area contributed by atoms with E-state index in [1.807, 2.05) is 24.3 Å². The Morgan fingerprint density at radius 1 is 1.24 bits per heavy atom. The van der Waals surface area contributed by atoms with Crippen LogP contribution in [0, 0.1) is 3.57 Å². The van der Waals surface area contributed by atoms with Crippen LogP contribution in [0.3, 0.4) is 0 Å². The molecule has 1 aliphatic heterocycles. The highest BCUT2D eigenvalue weighted by Gasteiger charge is 2.12. The van der Waals surface area contributed by atoms with Crippen LogP contribution in [0.1, 0.15) is 16.8 Å². The van der Waals surface area contributed by atoms with Crippen LogP contribution in [0.15, 0.2) is 24.3 Å². The standard InChI is InChI=1S/C13H16INO2/c14-12-3-1-11(2-4-12)13(16)5-6-15-7-9-17-10-8-15/h1-4H,5-10H2. The maximum atomic E-state index is 11.9. The molecule has 17 heavy (non-hydrogen) atoms. The predicted molar refractivity (Wildman–Crippen MR) is 75.4 cm³/mol. The maximum absolute atomic E-state index is 11.9. The second kappa shape index (κ2) is 6.47. The van der Waals surface area contributed by atoms with E-state index in [2.05, 4.69) is 27.5 Å². The van der Waals surface area contributed by atoms with E-state index in [0.717, 1.165) is 42.0 Å². The Balaban J connectivity index is 1.82. The monoisotopic (exact) mass is 345 g/mol. The fourth-order valence-corrected chi connectivity index (χ4v) is 2.22. The lowest BCUT2D eigenvalue weighted by atomic mass is 10.1. The Labute approximate surface area is 115 Å². The Kier molecular flexibility index (Phi) is 4.94. The molecule has 1 fully saturated rings. The van der Waals surface area contributed by atoms with Crippen molar-refractivity contribution in [2.45, 2.75) is 6.42 Å². The minimum absolute atomic E-state index is 0.230. The molecule has 0 radical (unpaired) electrons. The summed E-state index contributed by atoms with van der Waals surface area (Å²) in [5.74, 6) is 0.230. The molecular formula is C13H16INO2. The molecule has 1 aromatic rings. The summed E-state index contributed by atoms with van der Waals surface area (Å²) in [6.07, 6.45) is 0.598. The molecule has 4 heteroatoms. The second-order valence-electron chi connectivity index (χ2n) is 4.13. The Morgan fingerprint density at radius 3 is 2.53 bits per heavy atom. The van der Waals surface area contributed by atoms with Crippen molar-refractivity contribution >= 4 is 28.4 Å². The lowest BCUT2D eigenvalue weighted by Crippen LogP contribution is -2.37. The molecule has 92 valence electrons. The van der Waals surface area contributed by atoms with Crippen LogP contribution in [-0.4, -0.2) is 43.5 Å². The van der Waals surface area contributed by atoms with Crippen molar-refractivity contribution in [3.8, 4) is 0 Å². The van der Waals surface area contributed by atoms with Gasteiger partial charge in [-0.05, 0) is 34.7 Å². The largest absolute Gasteiger partial charge is 0.379 e. The summed E-state index contributed by atoms with van der Waals surface area (Å²) in [6, 6.07) is 7.76. The molecule has 0 atom stereocenters. The summed E-state index contributed by atoms with van der Waals surface area (Å²) in [5.41, 5.74) is 0.818. The van der Waals surface area contributed by atoms with Gasteiger partial charge in [0.15, 0.2) is 5.78 Å². The lowest BCUT2D eigenvalue weighted by Gasteiger charge is -2.26. The maximum Gasteiger partial charge on any atom is 0.164 e. The number of halogens is 1. The zero-order valence-corrected chi connectivity index (χ0v) is 11.9. The third-order valence-electron chi connectivity index (χ3n) is 2.92. The quantitative estimate of drug-likeness (QED) is 0.619. The Hall–Kier alpha value is -0.460. The van der Waals surface area contributed by atoms with Gasteiger partial charge in [-0.1, -0.05) is 12.1 Å². The van der Waals surface area contributed by atoms with Crippen molar-refractivity contribution in [2.75, 3.05) is 32.8 Å². The minimum atomic E-state index is 0.230. The highest BCUT2D eigenvalue weighted by molar-refractivity contribution is 14.1. The van der Waals surface area contributed by atoms with E-state index in [4.69, 9.17) is 4.74 Å². The fourth-order valence-electron chi connectivity index (χ4n) is 1.86. The SMILES string of the molecule is O=C(CCN1CCOCC1)c1ccc(I)cc1. The zero-order valence-electron chi connectivity index (χ0n) is 9.69. The van der Waals surface area contributed by atoms with E-state index in [9.17, 15) is 4.79 Å². The van der Waals surface area contributed by atoms with Gasteiger partial charge in [-0.25, -0.2) is 0 Å². The van der Waals surface area contributed by atoms with E-state index < -0.39 is 0 Å². The van der Waals surface area contributed by atoms with Gasteiger partial charge in [0, 0.05) is 35.2 Å². The molecule has 3 nitrogen and oxygen atoms in total. The summed E-state index contributed by atoms with van der Waals surface area (Å²) >= 11 is 2.24. The number of hydrogen-bond donors (Lipinski definition) is 0. The van der Waals surface area contributed by atoms with Gasteiger partial charge in [0.1, 0.15) is 0 Å². The van der Waals surface area contributed by atoms with E-state index in [-0.39, 0.29) is 5.78 Å². The number of nitrogens with zero attached hydrogens (tertiary/aromatic N) is 1. The van der Waals surface area contributed by atoms with Crippen molar-refractivity contribution in [1.82, 2.24) is 4.90 Å². The summed E-state index contributed by atoms with van der Waals surface area (Å²) in [6.45, 7) is 4.31. The zero-order chi connectivity index (χ0) is 12.1. The molecule has 0 saturated carbocycles. The van der Waals surface area contributed by atoms with Gasteiger partial charge in [0.2, 0.25) is 0 Å². The highest BCUT2D eigenvalue weighted by atomic mass is 127. The smallest absolute Gasteiger partial charge is 0.164 e. The first-order chi connectivity index (χ1) is 8.25. The number of benzene rings is 1. The molecule has 0 amide bonds. The van der Waals surface area contributed by atoms with Gasteiger partial charge < -0.3 is 4.74 Å². The van der Waals surface area contributed by atoms with E-state index in [0.29, 0.717) is 6.42 Å². The summed E-state index contributed by atoms with van der Waals surface area (Å²) in [5, 5.41) is 0. The third-order valence-corrected chi connectivity index (χ3v) is 3.64. The molecule has 0 spiro atoms. The van der Waals surface area contributed by atoms with Gasteiger partial charge in [-0.2, -0.15) is 0 Å². The van der Waals surface area contributed by atoms with Crippen LogP contribution in [0.5, 0.6) is 0 Å². The van der Waals surface area contributed by atoms with Crippen molar-refractivity contribution in [2.24, 2.45) is 0 Å². The fraction of sp³-hybridized carbons (Fsp3) is 0.462. The molecule has 0 aromatic heterocycles. The van der Waals surface area contributed by atoms with Crippen LogP contribution >= 0.6 is 22.6 Å². The van der Waals surface area contributed by atoms with Gasteiger partial charge in [-0.15, -0.1) is 0 Å². The number of carbonyl (C=O) groups excluding carboxylic acids is 1. The Morgan fingerprint density at radius 2 is 1.88 bits per heavy atom. The molecule has 2 rings (SSSR count). The lowest BCUT2D eigenvalue weighted by molar-refractivity contribution is 0.0370. The number of morpholine rings is 1. The third kappa shape index (κ3) is 4.04. The normalized spacial score (nSPS) is 17.0. The van der Waals surface area contributed by atoms with Crippen molar-refractivity contribution in [3.05, 3.63) is 33.4 Å². The highest BCUT2D eigenvalue weighted by Crippen LogP contribution is 2.09. The molecule has 1 aromatic carbocycles. The van der Waals surface area contributed by atoms with Gasteiger partial charge in [-0.3, -0.25) is 9.69 Å². The molecule has 0 unspecified atom stereocenters. The van der Waals surface area contributed by atoms with Gasteiger partial charge >= 0.3 is 0 Å². The molecule has 0 aliphatic carbocycles. The predicted octanol–water partition coefficient (Wildman–Crippen LogP) is 2.20. The van der Waals surface area contributed by atoms with Crippen LogP contribution in [0.4, 0.5) is 0 Å². The van der Waals surface area contributed by atoms with E-state index in [1.165, 1.54) is 0 Å². The summed E-state index contributed by atoms with van der Waals surface area (Å²) in [7, 11) is 0. The number of hydrogen-bond acceptors (Lipinski definition) is 3. The van der Waals surface area contributed by atoms with Crippen molar-refractivity contribution < 1.29 is 9.53 Å². The van der Waals surface area contributed by atoms with Crippen molar-refractivity contribution in [3.63, 3.8) is 0 Å². The number of rotatable bonds is 4. The van der Waals surface area contributed by atoms with Crippen LogP contribution in [0.2, 0.25) is 0 Å². The first kappa shape index (κ1) is 13.0. The van der Waals surface area contributed by atoms with E-state index >= 15 is 0 Å². The average molecular weight is 345 g/mol. The first-order valence-electron chi connectivity index (χ1n) is 5.84. The molecule has 0 N–H and O–H groups in total. The Bertz CT molecular complexity index is 372. The van der Waals surface area contributed by atoms with Crippen LogP contribution < -0.4 is 0 Å². The average Bonchev–Trinajstić information content (AvgIpc) is 2.38. The summed E-state index contributed by atoms with van der Waals surface area (Å²) in [4.78, 5) is 14.2. The molecule has 0 bridgehead atoms. The number of carbonyl (C=O) groups is 1. The van der Waals surface area contributed by atoms with E-state index in [1.54, 1.807) is 0 Å². The first-order valence-corrected chi connectivity index (χ1v) is 6.92. The van der Waals surface area contributed by atoms with Gasteiger partial charge in [0.25, 0.3) is 0 Å². The van der Waals surface area contributed by atoms with Crippen LogP contribution in [0.25, 0.3) is 0 Å². The van der Waals surface area contributed by atoms with Gasteiger partial charge in [0.05, 0.1) is 13.2 Å². The number of Topliss-reactive ketones (excluding diaryl/α,β-unsaturated/α-hetero) is 1. The molecule has 1 heterocycles. The molecule has 1 aliphatic rings. The van der Waals surface area contributed by atoms with Crippen LogP contribution in [-0.2, 0) is 4.74 Å². The van der Waals surface area contributed by atoms with Crippen molar-refractivity contribution in [1.29, 1.82) is 0 Å². The molecular weight excluding hydrogens is 329 g/mol. The minimum Gasteiger partial charge on any atom is -0.379 e.